The number of rotatable bonds is 8. The molecule has 0 heterocycles. The van der Waals surface area contributed by atoms with Gasteiger partial charge in [0, 0.05) is 22.1 Å². The maximum atomic E-state index is 15.2. The van der Waals surface area contributed by atoms with Crippen LogP contribution in [0.5, 0.6) is 0 Å². The molecule has 0 spiro atoms. The van der Waals surface area contributed by atoms with Crippen LogP contribution in [0.1, 0.15) is 85.8 Å². The molecule has 186 valence electrons. The van der Waals surface area contributed by atoms with Gasteiger partial charge in [-0.1, -0.05) is 99.6 Å². The smallest absolute Gasteiger partial charge is 0.146 e. The van der Waals surface area contributed by atoms with E-state index in [1.54, 1.807) is 6.07 Å². The van der Waals surface area contributed by atoms with Gasteiger partial charge >= 0.3 is 0 Å². The summed E-state index contributed by atoms with van der Waals surface area (Å²) in [5.74, 6) is 12.3. The lowest BCUT2D eigenvalue weighted by atomic mass is 10.0. The average molecular weight is 487 g/mol. The summed E-state index contributed by atoms with van der Waals surface area (Å²) in [6.45, 7) is 4.44. The number of aryl methyl sites for hydroxylation is 2. The Balaban J connectivity index is 1.45. The van der Waals surface area contributed by atoms with E-state index in [9.17, 15) is 0 Å². The van der Waals surface area contributed by atoms with Crippen molar-refractivity contribution in [1.29, 1.82) is 0 Å². The summed E-state index contributed by atoms with van der Waals surface area (Å²) in [4.78, 5) is 0. The number of unbranched alkanes of at least 4 members (excludes halogenated alkanes) is 4. The van der Waals surface area contributed by atoms with Crippen LogP contribution in [-0.4, -0.2) is 0 Å². The summed E-state index contributed by atoms with van der Waals surface area (Å²) in [6, 6.07) is 26.1. The van der Waals surface area contributed by atoms with Crippen LogP contribution in [0.2, 0.25) is 0 Å². The Morgan fingerprint density at radius 2 is 1.05 bits per heavy atom. The van der Waals surface area contributed by atoms with Gasteiger partial charge in [-0.05, 0) is 84.7 Å². The summed E-state index contributed by atoms with van der Waals surface area (Å²) in [5, 5.41) is 1.40. The van der Waals surface area contributed by atoms with Crippen molar-refractivity contribution in [2.45, 2.75) is 65.2 Å². The van der Waals surface area contributed by atoms with E-state index in [2.05, 4.69) is 73.9 Å². The molecule has 0 aliphatic carbocycles. The quantitative estimate of drug-likeness (QED) is 0.172. The van der Waals surface area contributed by atoms with Crippen LogP contribution in [0, 0.1) is 29.5 Å². The second kappa shape index (κ2) is 13.5. The van der Waals surface area contributed by atoms with E-state index < -0.39 is 0 Å². The number of benzene rings is 4. The fourth-order valence-corrected chi connectivity index (χ4v) is 4.42. The first-order chi connectivity index (χ1) is 18.2. The molecule has 0 saturated carbocycles. The molecule has 0 radical (unpaired) electrons. The van der Waals surface area contributed by atoms with E-state index in [1.165, 1.54) is 49.7 Å². The lowest BCUT2D eigenvalue weighted by Crippen LogP contribution is -1.88. The van der Waals surface area contributed by atoms with E-state index in [0.717, 1.165) is 34.9 Å². The van der Waals surface area contributed by atoms with Gasteiger partial charge < -0.3 is 0 Å². The Bertz CT molecular complexity index is 1440. The van der Waals surface area contributed by atoms with Crippen molar-refractivity contribution in [3.63, 3.8) is 0 Å². The molecule has 0 saturated heterocycles. The van der Waals surface area contributed by atoms with E-state index >= 15 is 4.39 Å². The maximum Gasteiger partial charge on any atom is 0.146 e. The second-order valence-electron chi connectivity index (χ2n) is 9.67. The zero-order valence-corrected chi connectivity index (χ0v) is 22.0. The third-order valence-electron chi connectivity index (χ3n) is 6.69. The number of hydrogen-bond donors (Lipinski definition) is 0. The summed E-state index contributed by atoms with van der Waals surface area (Å²) >= 11 is 0. The Labute approximate surface area is 222 Å². The highest BCUT2D eigenvalue weighted by Crippen LogP contribution is 2.22. The van der Waals surface area contributed by atoms with Gasteiger partial charge in [-0.3, -0.25) is 0 Å². The summed E-state index contributed by atoms with van der Waals surface area (Å²) < 4.78 is 15.2. The molecule has 1 heteroatoms. The summed E-state index contributed by atoms with van der Waals surface area (Å²) in [7, 11) is 0. The van der Waals surface area contributed by atoms with Gasteiger partial charge in [0.2, 0.25) is 0 Å². The third kappa shape index (κ3) is 7.59. The van der Waals surface area contributed by atoms with Crippen LogP contribution >= 0.6 is 0 Å². The second-order valence-corrected chi connectivity index (χ2v) is 9.67. The zero-order chi connectivity index (χ0) is 25.9. The minimum Gasteiger partial charge on any atom is -0.205 e. The van der Waals surface area contributed by atoms with Crippen molar-refractivity contribution in [2.24, 2.45) is 0 Å². The van der Waals surface area contributed by atoms with Crippen molar-refractivity contribution in [2.75, 3.05) is 0 Å². The first-order valence-electron chi connectivity index (χ1n) is 13.6. The molecular formula is C36H35F. The summed E-state index contributed by atoms with van der Waals surface area (Å²) in [6.07, 6.45) is 9.65. The standard InChI is InChI=1S/C36H35F/c1-3-5-7-9-28-11-15-30(16-12-28)19-20-32-22-26-35-34(27-32)25-24-33(36(35)37)23-21-31-17-13-29(14-18-31)10-8-6-4-2/h11-18,22,24-27H,3-10H2,1-2H3. The van der Waals surface area contributed by atoms with Gasteiger partial charge in [0.25, 0.3) is 0 Å². The molecule has 0 N–H and O–H groups in total. The molecule has 0 aliphatic heterocycles. The van der Waals surface area contributed by atoms with Gasteiger partial charge in [0.15, 0.2) is 0 Å². The van der Waals surface area contributed by atoms with Crippen LogP contribution in [0.15, 0.2) is 78.9 Å². The Morgan fingerprint density at radius 3 is 1.62 bits per heavy atom. The SMILES string of the molecule is CCCCCc1ccc(C#Cc2ccc3c(F)c(C#Cc4ccc(CCCCC)cc4)ccc3c2)cc1. The van der Waals surface area contributed by atoms with Crippen molar-refractivity contribution in [1.82, 2.24) is 0 Å². The van der Waals surface area contributed by atoms with Gasteiger partial charge in [0.05, 0.1) is 5.56 Å². The highest BCUT2D eigenvalue weighted by atomic mass is 19.1. The molecule has 0 amide bonds. The van der Waals surface area contributed by atoms with Crippen molar-refractivity contribution in [3.8, 4) is 23.7 Å². The lowest BCUT2D eigenvalue weighted by Gasteiger charge is -2.03. The van der Waals surface area contributed by atoms with Crippen LogP contribution in [0.25, 0.3) is 10.8 Å². The summed E-state index contributed by atoms with van der Waals surface area (Å²) in [5.41, 5.74) is 5.87. The molecule has 0 aliphatic rings. The van der Waals surface area contributed by atoms with Gasteiger partial charge in [-0.15, -0.1) is 0 Å². The molecular weight excluding hydrogens is 451 g/mol. The molecule has 0 atom stereocenters. The van der Waals surface area contributed by atoms with Gasteiger partial charge in [0.1, 0.15) is 5.82 Å². The molecule has 0 aromatic heterocycles. The predicted octanol–water partition coefficient (Wildman–Crippen LogP) is 9.24. The zero-order valence-electron chi connectivity index (χ0n) is 22.0. The average Bonchev–Trinajstić information content (AvgIpc) is 2.93. The minimum atomic E-state index is -0.278. The largest absolute Gasteiger partial charge is 0.205 e. The predicted molar refractivity (Wildman–Crippen MR) is 155 cm³/mol. The van der Waals surface area contributed by atoms with Crippen LogP contribution in [0.4, 0.5) is 4.39 Å². The molecule has 0 unspecified atom stereocenters. The highest BCUT2D eigenvalue weighted by molar-refractivity contribution is 5.86. The molecule has 0 nitrogen and oxygen atoms in total. The Kier molecular flexibility index (Phi) is 9.57. The van der Waals surface area contributed by atoms with Crippen LogP contribution in [-0.2, 0) is 12.8 Å². The van der Waals surface area contributed by atoms with E-state index in [0.29, 0.717) is 10.9 Å². The van der Waals surface area contributed by atoms with Crippen molar-refractivity contribution in [3.05, 3.63) is 118 Å². The third-order valence-corrected chi connectivity index (χ3v) is 6.69. The first kappa shape index (κ1) is 26.3. The van der Waals surface area contributed by atoms with Crippen LogP contribution < -0.4 is 0 Å². The minimum absolute atomic E-state index is 0.278. The van der Waals surface area contributed by atoms with Gasteiger partial charge in [-0.2, -0.15) is 0 Å². The number of fused-ring (bicyclic) bond motifs is 1. The Hall–Kier alpha value is -3.81. The van der Waals surface area contributed by atoms with Crippen molar-refractivity contribution >= 4 is 10.8 Å². The van der Waals surface area contributed by atoms with E-state index in [4.69, 9.17) is 0 Å². The van der Waals surface area contributed by atoms with E-state index in [1.807, 2.05) is 36.4 Å². The fraction of sp³-hybridized carbons (Fsp3) is 0.278. The molecule has 0 bridgehead atoms. The molecule has 4 aromatic carbocycles. The topological polar surface area (TPSA) is 0 Å². The highest BCUT2D eigenvalue weighted by Gasteiger charge is 2.06. The molecule has 0 fully saturated rings. The molecule has 37 heavy (non-hydrogen) atoms. The van der Waals surface area contributed by atoms with E-state index in [-0.39, 0.29) is 5.82 Å². The first-order valence-corrected chi connectivity index (χ1v) is 13.6. The molecule has 4 rings (SSSR count). The fourth-order valence-electron chi connectivity index (χ4n) is 4.42. The van der Waals surface area contributed by atoms with Crippen LogP contribution in [0.3, 0.4) is 0 Å². The number of halogens is 1. The Morgan fingerprint density at radius 1 is 0.541 bits per heavy atom. The maximum absolute atomic E-state index is 15.2. The molecule has 4 aromatic rings. The number of hydrogen-bond acceptors (Lipinski definition) is 0. The van der Waals surface area contributed by atoms with Crippen molar-refractivity contribution < 1.29 is 4.39 Å². The van der Waals surface area contributed by atoms with Gasteiger partial charge in [-0.25, -0.2) is 4.39 Å². The lowest BCUT2D eigenvalue weighted by molar-refractivity contribution is 0.636. The monoisotopic (exact) mass is 486 g/mol. The normalized spacial score (nSPS) is 10.5.